The monoisotopic (exact) mass is 244 g/mol. The first-order chi connectivity index (χ1) is 8.56. The van der Waals surface area contributed by atoms with Crippen molar-refractivity contribution in [1.29, 1.82) is 0 Å². The van der Waals surface area contributed by atoms with Gasteiger partial charge in [-0.3, -0.25) is 4.79 Å². The Labute approximate surface area is 111 Å². The highest BCUT2D eigenvalue weighted by Crippen LogP contribution is 2.34. The second-order valence-electron chi connectivity index (χ2n) is 6.18. The SMILES string of the molecule is Cc1ccccc1CC(=O)C1CC(C)CC(C)C1. The molecule has 2 atom stereocenters. The van der Waals surface area contributed by atoms with Crippen LogP contribution >= 0.6 is 0 Å². The van der Waals surface area contributed by atoms with Crippen molar-refractivity contribution in [2.24, 2.45) is 17.8 Å². The largest absolute Gasteiger partial charge is 0.299 e. The molecule has 0 bridgehead atoms. The number of Topliss-reactive ketones (excluding diaryl/α,β-unsaturated/α-hetero) is 1. The Morgan fingerprint density at radius 3 is 2.33 bits per heavy atom. The summed E-state index contributed by atoms with van der Waals surface area (Å²) in [5, 5.41) is 0. The summed E-state index contributed by atoms with van der Waals surface area (Å²) < 4.78 is 0. The van der Waals surface area contributed by atoms with Crippen molar-refractivity contribution in [2.75, 3.05) is 0 Å². The van der Waals surface area contributed by atoms with Gasteiger partial charge in [-0.15, -0.1) is 0 Å². The molecule has 1 heteroatoms. The van der Waals surface area contributed by atoms with Gasteiger partial charge in [-0.1, -0.05) is 38.1 Å². The summed E-state index contributed by atoms with van der Waals surface area (Å²) in [6.07, 6.45) is 4.09. The van der Waals surface area contributed by atoms with E-state index in [9.17, 15) is 4.79 Å². The Morgan fingerprint density at radius 2 is 1.72 bits per heavy atom. The highest BCUT2D eigenvalue weighted by Gasteiger charge is 2.28. The fourth-order valence-electron chi connectivity index (χ4n) is 3.35. The molecule has 2 unspecified atom stereocenters. The van der Waals surface area contributed by atoms with Crippen LogP contribution in [0.25, 0.3) is 0 Å². The molecular weight excluding hydrogens is 220 g/mol. The van der Waals surface area contributed by atoms with E-state index in [-0.39, 0.29) is 0 Å². The van der Waals surface area contributed by atoms with E-state index in [0.29, 0.717) is 30.0 Å². The lowest BCUT2D eigenvalue weighted by Crippen LogP contribution is -2.27. The smallest absolute Gasteiger partial charge is 0.140 e. The van der Waals surface area contributed by atoms with Crippen LogP contribution in [-0.2, 0) is 11.2 Å². The molecule has 1 fully saturated rings. The molecule has 2 rings (SSSR count). The molecule has 1 saturated carbocycles. The third-order valence-corrected chi connectivity index (χ3v) is 4.26. The van der Waals surface area contributed by atoms with Crippen molar-refractivity contribution in [2.45, 2.75) is 46.5 Å². The molecule has 98 valence electrons. The zero-order valence-corrected chi connectivity index (χ0v) is 11.8. The van der Waals surface area contributed by atoms with E-state index < -0.39 is 0 Å². The van der Waals surface area contributed by atoms with Gasteiger partial charge < -0.3 is 0 Å². The third kappa shape index (κ3) is 3.22. The molecule has 1 nitrogen and oxygen atoms in total. The predicted molar refractivity (Wildman–Crippen MR) is 75.6 cm³/mol. The molecule has 1 aliphatic carbocycles. The van der Waals surface area contributed by atoms with Crippen molar-refractivity contribution < 1.29 is 4.79 Å². The Kier molecular flexibility index (Phi) is 4.21. The average Bonchev–Trinajstić information content (AvgIpc) is 2.31. The summed E-state index contributed by atoms with van der Waals surface area (Å²) in [7, 11) is 0. The minimum atomic E-state index is 0.295. The Morgan fingerprint density at radius 1 is 1.11 bits per heavy atom. The van der Waals surface area contributed by atoms with E-state index in [2.05, 4.69) is 32.9 Å². The number of hydrogen-bond acceptors (Lipinski definition) is 1. The second-order valence-corrected chi connectivity index (χ2v) is 6.18. The number of benzene rings is 1. The maximum Gasteiger partial charge on any atom is 0.140 e. The molecule has 0 N–H and O–H groups in total. The van der Waals surface area contributed by atoms with Crippen LogP contribution in [0.4, 0.5) is 0 Å². The van der Waals surface area contributed by atoms with Crippen LogP contribution in [-0.4, -0.2) is 5.78 Å². The van der Waals surface area contributed by atoms with Gasteiger partial charge in [0.2, 0.25) is 0 Å². The van der Waals surface area contributed by atoms with Crippen molar-refractivity contribution in [1.82, 2.24) is 0 Å². The highest BCUT2D eigenvalue weighted by molar-refractivity contribution is 5.83. The van der Waals surface area contributed by atoms with Crippen molar-refractivity contribution in [3.8, 4) is 0 Å². The summed E-state index contributed by atoms with van der Waals surface area (Å²) in [5.74, 6) is 2.16. The number of carbonyl (C=O) groups is 1. The predicted octanol–water partition coefficient (Wildman–Crippen LogP) is 4.18. The van der Waals surface area contributed by atoms with Gasteiger partial charge in [0.05, 0.1) is 0 Å². The number of rotatable bonds is 3. The summed E-state index contributed by atoms with van der Waals surface area (Å²) in [6.45, 7) is 6.65. The van der Waals surface area contributed by atoms with Crippen LogP contribution in [0, 0.1) is 24.7 Å². The molecule has 0 heterocycles. The number of ketones is 1. The first-order valence-electron chi connectivity index (χ1n) is 7.13. The summed E-state index contributed by atoms with van der Waals surface area (Å²) >= 11 is 0. The highest BCUT2D eigenvalue weighted by atomic mass is 16.1. The summed E-state index contributed by atoms with van der Waals surface area (Å²) in [5.41, 5.74) is 2.44. The average molecular weight is 244 g/mol. The second kappa shape index (κ2) is 5.69. The van der Waals surface area contributed by atoms with Crippen LogP contribution in [0.5, 0.6) is 0 Å². The zero-order chi connectivity index (χ0) is 13.1. The van der Waals surface area contributed by atoms with Gasteiger partial charge in [0.15, 0.2) is 0 Å². The maximum absolute atomic E-state index is 12.4. The summed E-state index contributed by atoms with van der Waals surface area (Å²) in [6, 6.07) is 8.24. The fourth-order valence-corrected chi connectivity index (χ4v) is 3.35. The molecule has 0 saturated heterocycles. The molecule has 1 aliphatic rings. The van der Waals surface area contributed by atoms with E-state index in [1.807, 2.05) is 12.1 Å². The van der Waals surface area contributed by atoms with E-state index in [0.717, 1.165) is 12.8 Å². The lowest BCUT2D eigenvalue weighted by atomic mass is 9.74. The molecule has 0 radical (unpaired) electrons. The lowest BCUT2D eigenvalue weighted by Gasteiger charge is -2.30. The van der Waals surface area contributed by atoms with Gasteiger partial charge in [0, 0.05) is 12.3 Å². The molecule has 0 aromatic heterocycles. The van der Waals surface area contributed by atoms with Crippen LogP contribution in [0.2, 0.25) is 0 Å². The molecule has 0 spiro atoms. The van der Waals surface area contributed by atoms with E-state index in [1.165, 1.54) is 17.5 Å². The van der Waals surface area contributed by atoms with Crippen LogP contribution in [0.15, 0.2) is 24.3 Å². The minimum Gasteiger partial charge on any atom is -0.299 e. The van der Waals surface area contributed by atoms with E-state index in [4.69, 9.17) is 0 Å². The van der Waals surface area contributed by atoms with Crippen LogP contribution < -0.4 is 0 Å². The standard InChI is InChI=1S/C17H24O/c1-12-8-13(2)10-16(9-12)17(18)11-15-7-5-4-6-14(15)3/h4-7,12-13,16H,8-11H2,1-3H3. The normalized spacial score (nSPS) is 28.1. The number of carbonyl (C=O) groups excluding carboxylic acids is 1. The topological polar surface area (TPSA) is 17.1 Å². The van der Waals surface area contributed by atoms with Gasteiger partial charge in [-0.25, -0.2) is 0 Å². The van der Waals surface area contributed by atoms with Crippen molar-refractivity contribution in [3.63, 3.8) is 0 Å². The van der Waals surface area contributed by atoms with E-state index in [1.54, 1.807) is 0 Å². The van der Waals surface area contributed by atoms with Crippen molar-refractivity contribution in [3.05, 3.63) is 35.4 Å². The molecule has 18 heavy (non-hydrogen) atoms. The molecule has 0 amide bonds. The molecule has 1 aromatic carbocycles. The van der Waals surface area contributed by atoms with Gasteiger partial charge in [0.1, 0.15) is 5.78 Å². The van der Waals surface area contributed by atoms with Gasteiger partial charge in [0.25, 0.3) is 0 Å². The molecular formula is C17H24O. The summed E-state index contributed by atoms with van der Waals surface area (Å²) in [4.78, 5) is 12.4. The maximum atomic E-state index is 12.4. The first-order valence-corrected chi connectivity index (χ1v) is 7.13. The third-order valence-electron chi connectivity index (χ3n) is 4.26. The van der Waals surface area contributed by atoms with Crippen LogP contribution in [0.1, 0.15) is 44.2 Å². The van der Waals surface area contributed by atoms with E-state index >= 15 is 0 Å². The lowest BCUT2D eigenvalue weighted by molar-refractivity contribution is -0.124. The quantitative estimate of drug-likeness (QED) is 0.779. The van der Waals surface area contributed by atoms with Crippen LogP contribution in [0.3, 0.4) is 0 Å². The van der Waals surface area contributed by atoms with Gasteiger partial charge >= 0.3 is 0 Å². The Balaban J connectivity index is 2.02. The van der Waals surface area contributed by atoms with Crippen molar-refractivity contribution >= 4 is 5.78 Å². The van der Waals surface area contributed by atoms with Gasteiger partial charge in [-0.2, -0.15) is 0 Å². The Hall–Kier alpha value is -1.11. The molecule has 1 aromatic rings. The fraction of sp³-hybridized carbons (Fsp3) is 0.588. The van der Waals surface area contributed by atoms with Gasteiger partial charge in [-0.05, 0) is 49.1 Å². The number of hydrogen-bond donors (Lipinski definition) is 0. The first kappa shape index (κ1) is 13.3. The Bertz CT molecular complexity index is 411. The minimum absolute atomic E-state index is 0.295. The zero-order valence-electron chi connectivity index (χ0n) is 11.8. The molecule has 0 aliphatic heterocycles. The number of aryl methyl sites for hydroxylation is 1.